The fourth-order valence-corrected chi connectivity index (χ4v) is 3.41. The van der Waals surface area contributed by atoms with Crippen molar-refractivity contribution < 1.29 is 79.6 Å². The molecule has 2 saturated heterocycles. The number of aromatic hydroxyl groups is 2. The zero-order valence-electron chi connectivity index (χ0n) is 17.6. The number of aliphatic carboxylic acids is 1. The molecule has 0 bridgehead atoms. The fraction of sp³-hybridized carbons (Fsp3) is 0.579. The molecule has 0 aliphatic carbocycles. The number of carbonyl (C=O) groups is 2. The fourth-order valence-electron chi connectivity index (χ4n) is 3.41. The number of aliphatic hydroxyl groups is 7. The highest BCUT2D eigenvalue weighted by Crippen LogP contribution is 2.39. The number of benzene rings is 1. The van der Waals surface area contributed by atoms with Gasteiger partial charge >= 0.3 is 11.9 Å². The highest BCUT2D eigenvalue weighted by Gasteiger charge is 2.49. The second-order valence-corrected chi connectivity index (χ2v) is 7.80. The number of ether oxygens (including phenoxy) is 4. The van der Waals surface area contributed by atoms with Gasteiger partial charge in [-0.05, 0) is 12.1 Å². The molecule has 16 nitrogen and oxygen atoms in total. The minimum Gasteiger partial charge on any atom is -0.504 e. The number of carbonyl (C=O) groups excluding carboxylic acids is 1. The average molecular weight is 508 g/mol. The summed E-state index contributed by atoms with van der Waals surface area (Å²) in [6.45, 7) is -0.793. The third-order valence-corrected chi connectivity index (χ3v) is 5.42. The van der Waals surface area contributed by atoms with Crippen LogP contribution in [-0.2, 0) is 19.0 Å². The minimum absolute atomic E-state index is 0.548. The van der Waals surface area contributed by atoms with Gasteiger partial charge < -0.3 is 70.0 Å². The number of aliphatic hydroxyl groups excluding tert-OH is 7. The average Bonchev–Trinajstić information content (AvgIpc) is 2.81. The first kappa shape index (κ1) is 26.8. The maximum absolute atomic E-state index is 12.6. The van der Waals surface area contributed by atoms with Gasteiger partial charge in [0.25, 0.3) is 0 Å². The van der Waals surface area contributed by atoms with E-state index in [0.29, 0.717) is 6.07 Å². The van der Waals surface area contributed by atoms with E-state index in [-0.39, 0.29) is 0 Å². The third-order valence-electron chi connectivity index (χ3n) is 5.42. The zero-order valence-corrected chi connectivity index (χ0v) is 17.6. The maximum Gasteiger partial charge on any atom is 0.340 e. The first-order chi connectivity index (χ1) is 16.4. The van der Waals surface area contributed by atoms with Crippen LogP contribution in [0.25, 0.3) is 0 Å². The molecule has 10 atom stereocenters. The molecule has 196 valence electrons. The molecule has 2 fully saturated rings. The third kappa shape index (κ3) is 5.25. The van der Waals surface area contributed by atoms with Crippen LogP contribution >= 0.6 is 0 Å². The number of hydrogen-bond donors (Lipinski definition) is 10. The Balaban J connectivity index is 1.81. The van der Waals surface area contributed by atoms with Crippen molar-refractivity contribution in [3.8, 4) is 17.2 Å². The summed E-state index contributed by atoms with van der Waals surface area (Å²) >= 11 is 0. The molecule has 0 amide bonds. The molecule has 3 rings (SSSR count). The van der Waals surface area contributed by atoms with E-state index in [4.69, 9.17) is 24.1 Å². The normalized spacial score (nSPS) is 37.5. The van der Waals surface area contributed by atoms with Gasteiger partial charge in [-0.1, -0.05) is 0 Å². The van der Waals surface area contributed by atoms with Crippen LogP contribution in [0.1, 0.15) is 10.4 Å². The summed E-state index contributed by atoms with van der Waals surface area (Å²) in [5, 5.41) is 97.5. The highest BCUT2D eigenvalue weighted by atomic mass is 16.7. The maximum atomic E-state index is 12.6. The van der Waals surface area contributed by atoms with Gasteiger partial charge in [0.05, 0.1) is 12.2 Å². The lowest BCUT2D eigenvalue weighted by Gasteiger charge is -2.39. The van der Waals surface area contributed by atoms with Crippen molar-refractivity contribution in [1.29, 1.82) is 0 Å². The van der Waals surface area contributed by atoms with Crippen molar-refractivity contribution in [3.63, 3.8) is 0 Å². The van der Waals surface area contributed by atoms with E-state index in [1.165, 1.54) is 0 Å². The van der Waals surface area contributed by atoms with Crippen molar-refractivity contribution >= 4 is 11.9 Å². The summed E-state index contributed by atoms with van der Waals surface area (Å²) in [6, 6.07) is 1.45. The molecule has 0 aromatic heterocycles. The van der Waals surface area contributed by atoms with E-state index in [1.807, 2.05) is 0 Å². The Labute approximate surface area is 195 Å². The smallest absolute Gasteiger partial charge is 0.340 e. The second kappa shape index (κ2) is 10.4. The minimum atomic E-state index is -2.04. The Hall–Kier alpha value is -2.80. The van der Waals surface area contributed by atoms with Gasteiger partial charge in [-0.25, -0.2) is 9.59 Å². The molecule has 35 heavy (non-hydrogen) atoms. The molecule has 10 N–H and O–H groups in total. The Morgan fingerprint density at radius 2 is 1.43 bits per heavy atom. The van der Waals surface area contributed by atoms with Crippen LogP contribution in [0, 0.1) is 0 Å². The lowest BCUT2D eigenvalue weighted by molar-refractivity contribution is -0.285. The van der Waals surface area contributed by atoms with Gasteiger partial charge in [-0.15, -0.1) is 0 Å². The Morgan fingerprint density at radius 1 is 0.829 bits per heavy atom. The molecule has 0 radical (unpaired) electrons. The molecule has 2 aliphatic rings. The van der Waals surface area contributed by atoms with Crippen molar-refractivity contribution in [2.24, 2.45) is 0 Å². The highest BCUT2D eigenvalue weighted by molar-refractivity contribution is 5.91. The summed E-state index contributed by atoms with van der Waals surface area (Å²) < 4.78 is 20.0. The monoisotopic (exact) mass is 508 g/mol. The predicted molar refractivity (Wildman–Crippen MR) is 104 cm³/mol. The van der Waals surface area contributed by atoms with Crippen LogP contribution < -0.4 is 4.74 Å². The molecule has 10 unspecified atom stereocenters. The number of phenols is 2. The van der Waals surface area contributed by atoms with Crippen LogP contribution in [0.4, 0.5) is 0 Å². The Bertz CT molecular complexity index is 936. The molecule has 0 saturated carbocycles. The Morgan fingerprint density at radius 3 is 2.03 bits per heavy atom. The van der Waals surface area contributed by atoms with Crippen LogP contribution in [0.15, 0.2) is 12.1 Å². The standard InChI is InChI=1S/C19H24O16/c20-3-7-9(23)10(24)13(27)19(33-7)35-17(31)4-1-5(21)8(22)6(2-4)32-18-14(28)11(25)12(26)15(34-18)16(29)30/h1-2,7,9-15,18-28H,3H2,(H,29,30). The van der Waals surface area contributed by atoms with Crippen molar-refractivity contribution in [3.05, 3.63) is 17.7 Å². The second-order valence-electron chi connectivity index (χ2n) is 7.80. The number of carboxylic acid groups (broad SMARTS) is 1. The summed E-state index contributed by atoms with van der Waals surface area (Å²) in [5.41, 5.74) is -0.548. The number of carboxylic acids is 1. The lowest BCUT2D eigenvalue weighted by Crippen LogP contribution is -2.61. The molecular formula is C19H24O16. The molecule has 1 aromatic rings. The molecule has 1 aromatic carbocycles. The van der Waals surface area contributed by atoms with E-state index >= 15 is 0 Å². The van der Waals surface area contributed by atoms with Crippen molar-refractivity contribution in [2.45, 2.75) is 61.4 Å². The number of rotatable bonds is 6. The number of esters is 1. The van der Waals surface area contributed by atoms with Crippen LogP contribution in [0.5, 0.6) is 17.2 Å². The molecular weight excluding hydrogens is 484 g/mol. The molecule has 16 heteroatoms. The topological polar surface area (TPSA) is 273 Å². The number of hydrogen-bond acceptors (Lipinski definition) is 15. The van der Waals surface area contributed by atoms with E-state index in [9.17, 15) is 55.5 Å². The van der Waals surface area contributed by atoms with E-state index in [1.54, 1.807) is 0 Å². The van der Waals surface area contributed by atoms with E-state index in [2.05, 4.69) is 0 Å². The summed E-state index contributed by atoms with van der Waals surface area (Å²) in [5.74, 6) is -5.72. The summed E-state index contributed by atoms with van der Waals surface area (Å²) in [4.78, 5) is 23.8. The summed E-state index contributed by atoms with van der Waals surface area (Å²) in [6.07, 6.45) is -18.8. The van der Waals surface area contributed by atoms with Gasteiger partial charge in [0.2, 0.25) is 18.3 Å². The van der Waals surface area contributed by atoms with Crippen molar-refractivity contribution in [1.82, 2.24) is 0 Å². The molecule has 2 heterocycles. The van der Waals surface area contributed by atoms with E-state index in [0.717, 1.165) is 6.07 Å². The first-order valence-corrected chi connectivity index (χ1v) is 10.0. The van der Waals surface area contributed by atoms with Gasteiger partial charge in [0, 0.05) is 0 Å². The number of phenolic OH excluding ortho intramolecular Hbond substituents is 2. The summed E-state index contributed by atoms with van der Waals surface area (Å²) in [7, 11) is 0. The van der Waals surface area contributed by atoms with Gasteiger partial charge in [-0.3, -0.25) is 0 Å². The zero-order chi connectivity index (χ0) is 26.2. The van der Waals surface area contributed by atoms with E-state index < -0.39 is 103 Å². The Kier molecular flexibility index (Phi) is 8.00. The quantitative estimate of drug-likeness (QED) is 0.128. The first-order valence-electron chi connectivity index (χ1n) is 10.0. The molecule has 2 aliphatic heterocycles. The lowest BCUT2D eigenvalue weighted by atomic mass is 9.99. The largest absolute Gasteiger partial charge is 0.504 e. The molecule has 0 spiro atoms. The van der Waals surface area contributed by atoms with Crippen LogP contribution in [0.3, 0.4) is 0 Å². The predicted octanol–water partition coefficient (Wildman–Crippen LogP) is -4.67. The van der Waals surface area contributed by atoms with Crippen LogP contribution in [0.2, 0.25) is 0 Å². The van der Waals surface area contributed by atoms with Gasteiger partial charge in [-0.2, -0.15) is 0 Å². The van der Waals surface area contributed by atoms with Crippen LogP contribution in [-0.4, -0.2) is 131 Å². The SMILES string of the molecule is O=C(OC1OC(CO)C(O)C(O)C1O)c1cc(O)c(O)c(OC2OC(C(=O)O)C(O)C(O)C2O)c1. The van der Waals surface area contributed by atoms with Crippen molar-refractivity contribution in [2.75, 3.05) is 6.61 Å². The van der Waals surface area contributed by atoms with Gasteiger partial charge in [0.15, 0.2) is 17.6 Å². The van der Waals surface area contributed by atoms with Gasteiger partial charge in [0.1, 0.15) is 42.7 Å².